The molecule has 3 aromatic rings. The number of hydrogen-bond donors (Lipinski definition) is 1. The molecule has 1 aliphatic heterocycles. The number of rotatable bonds is 5. The van der Waals surface area contributed by atoms with Gasteiger partial charge >= 0.3 is 0 Å². The zero-order chi connectivity index (χ0) is 20.9. The quantitative estimate of drug-likeness (QED) is 0.698. The first-order chi connectivity index (χ1) is 14.6. The van der Waals surface area contributed by atoms with E-state index in [1.807, 2.05) is 18.2 Å². The van der Waals surface area contributed by atoms with Gasteiger partial charge in [-0.1, -0.05) is 18.2 Å². The van der Waals surface area contributed by atoms with E-state index in [1.165, 1.54) is 35.3 Å². The van der Waals surface area contributed by atoms with Gasteiger partial charge in [-0.2, -0.15) is 0 Å². The molecule has 1 aliphatic rings. The first kappa shape index (κ1) is 19.6. The molecule has 1 saturated heterocycles. The van der Waals surface area contributed by atoms with Crippen molar-refractivity contribution in [3.05, 3.63) is 72.3 Å². The first-order valence-corrected chi connectivity index (χ1v) is 9.62. The first-order valence-electron chi connectivity index (χ1n) is 9.62. The van der Waals surface area contributed by atoms with Crippen molar-refractivity contribution in [2.45, 2.75) is 6.54 Å². The largest absolute Gasteiger partial charge is 0.368 e. The number of carbonyl (C=O) groups is 2. The van der Waals surface area contributed by atoms with Crippen molar-refractivity contribution in [3.63, 3.8) is 0 Å². The molecule has 0 saturated carbocycles. The lowest BCUT2D eigenvalue weighted by molar-refractivity contribution is -0.132. The number of aromatic nitrogens is 3. The zero-order valence-electron chi connectivity index (χ0n) is 16.2. The molecular weight excluding hydrogens is 387 g/mol. The maximum Gasteiger partial charge on any atom is 0.258 e. The molecule has 0 spiro atoms. The standard InChI is InChI=1S/C21H21FN6O2/c22-17-8-6-16(7-9-17)20(30)24-21-23-15-28(25-21)14-19(29)27-12-10-26(11-13-27)18-4-2-1-3-5-18/h1-9,15H,10-14H2,(H,24,25,30). The minimum absolute atomic E-state index is 0.0464. The third kappa shape index (κ3) is 4.62. The molecule has 1 N–H and O–H groups in total. The van der Waals surface area contributed by atoms with Gasteiger partial charge in [0.1, 0.15) is 18.7 Å². The van der Waals surface area contributed by atoms with Crippen molar-refractivity contribution in [1.82, 2.24) is 19.7 Å². The summed E-state index contributed by atoms with van der Waals surface area (Å²) in [7, 11) is 0. The van der Waals surface area contributed by atoms with Crippen LogP contribution in [0.3, 0.4) is 0 Å². The SMILES string of the molecule is O=C(Nc1ncn(CC(=O)N2CCN(c3ccccc3)CC2)n1)c1ccc(F)cc1. The minimum Gasteiger partial charge on any atom is -0.368 e. The van der Waals surface area contributed by atoms with Gasteiger partial charge < -0.3 is 9.80 Å². The summed E-state index contributed by atoms with van der Waals surface area (Å²) in [5.74, 6) is -0.830. The highest BCUT2D eigenvalue weighted by Crippen LogP contribution is 2.15. The molecule has 1 aromatic heterocycles. The second-order valence-electron chi connectivity index (χ2n) is 6.93. The normalized spacial score (nSPS) is 13.9. The number of hydrogen-bond acceptors (Lipinski definition) is 5. The van der Waals surface area contributed by atoms with Crippen molar-refractivity contribution in [2.24, 2.45) is 0 Å². The lowest BCUT2D eigenvalue weighted by atomic mass is 10.2. The van der Waals surface area contributed by atoms with E-state index in [2.05, 4.69) is 32.4 Å². The van der Waals surface area contributed by atoms with Gasteiger partial charge in [0.15, 0.2) is 0 Å². The Hall–Kier alpha value is -3.75. The van der Waals surface area contributed by atoms with Gasteiger partial charge in [0, 0.05) is 37.4 Å². The van der Waals surface area contributed by atoms with Crippen molar-refractivity contribution >= 4 is 23.5 Å². The highest BCUT2D eigenvalue weighted by Gasteiger charge is 2.22. The summed E-state index contributed by atoms with van der Waals surface area (Å²) in [5, 5.41) is 6.67. The number of para-hydroxylation sites is 1. The van der Waals surface area contributed by atoms with Crippen molar-refractivity contribution in [2.75, 3.05) is 36.4 Å². The Bertz CT molecular complexity index is 1010. The van der Waals surface area contributed by atoms with Crippen molar-refractivity contribution in [3.8, 4) is 0 Å². The molecule has 8 nitrogen and oxygen atoms in total. The Morgan fingerprint density at radius 2 is 1.67 bits per heavy atom. The Labute approximate surface area is 172 Å². The van der Waals surface area contributed by atoms with Crippen LogP contribution in [-0.4, -0.2) is 57.7 Å². The smallest absolute Gasteiger partial charge is 0.258 e. The summed E-state index contributed by atoms with van der Waals surface area (Å²) in [6.45, 7) is 2.86. The molecule has 9 heteroatoms. The lowest BCUT2D eigenvalue weighted by Crippen LogP contribution is -2.49. The number of halogens is 1. The summed E-state index contributed by atoms with van der Waals surface area (Å²) in [5.41, 5.74) is 1.45. The van der Waals surface area contributed by atoms with E-state index in [0.29, 0.717) is 18.7 Å². The second kappa shape index (κ2) is 8.73. The van der Waals surface area contributed by atoms with Gasteiger partial charge in [-0.25, -0.2) is 14.1 Å². The van der Waals surface area contributed by atoms with Gasteiger partial charge in [-0.3, -0.25) is 14.9 Å². The fraction of sp³-hybridized carbons (Fsp3) is 0.238. The van der Waals surface area contributed by atoms with Crippen LogP contribution >= 0.6 is 0 Å². The molecule has 0 aliphatic carbocycles. The van der Waals surface area contributed by atoms with Gasteiger partial charge in [0.25, 0.3) is 5.91 Å². The van der Waals surface area contributed by atoms with E-state index in [-0.39, 0.29) is 18.4 Å². The Morgan fingerprint density at radius 1 is 0.967 bits per heavy atom. The molecule has 154 valence electrons. The third-order valence-electron chi connectivity index (χ3n) is 4.92. The van der Waals surface area contributed by atoms with E-state index >= 15 is 0 Å². The highest BCUT2D eigenvalue weighted by atomic mass is 19.1. The molecule has 0 atom stereocenters. The minimum atomic E-state index is -0.448. The predicted molar refractivity (Wildman–Crippen MR) is 110 cm³/mol. The number of anilines is 2. The van der Waals surface area contributed by atoms with Crippen LogP contribution in [0.15, 0.2) is 60.9 Å². The fourth-order valence-electron chi connectivity index (χ4n) is 3.29. The van der Waals surface area contributed by atoms with E-state index in [9.17, 15) is 14.0 Å². The average molecular weight is 408 g/mol. The van der Waals surface area contributed by atoms with Crippen LogP contribution in [0.1, 0.15) is 10.4 Å². The molecule has 4 rings (SSSR count). The van der Waals surface area contributed by atoms with Crippen molar-refractivity contribution < 1.29 is 14.0 Å². The molecule has 2 heterocycles. The van der Waals surface area contributed by atoms with Crippen LogP contribution in [0.25, 0.3) is 0 Å². The summed E-state index contributed by atoms with van der Waals surface area (Å²) in [6.07, 6.45) is 1.40. The summed E-state index contributed by atoms with van der Waals surface area (Å²) >= 11 is 0. The predicted octanol–water partition coefficient (Wildman–Crippen LogP) is 2.02. The van der Waals surface area contributed by atoms with Gasteiger partial charge in [-0.15, -0.1) is 5.10 Å². The van der Waals surface area contributed by atoms with Gasteiger partial charge in [0.05, 0.1) is 0 Å². The van der Waals surface area contributed by atoms with E-state index in [1.54, 1.807) is 4.90 Å². The number of amides is 2. The number of nitrogens with zero attached hydrogens (tertiary/aromatic N) is 5. The molecule has 1 fully saturated rings. The number of carbonyl (C=O) groups excluding carboxylic acids is 2. The summed E-state index contributed by atoms with van der Waals surface area (Å²) in [4.78, 5) is 32.8. The van der Waals surface area contributed by atoms with Crippen LogP contribution in [0.5, 0.6) is 0 Å². The highest BCUT2D eigenvalue weighted by molar-refractivity contribution is 6.03. The summed E-state index contributed by atoms with van der Waals surface area (Å²) < 4.78 is 14.4. The zero-order valence-corrected chi connectivity index (χ0v) is 16.2. The average Bonchev–Trinajstić information content (AvgIpc) is 3.21. The van der Waals surface area contributed by atoms with Gasteiger partial charge in [0.2, 0.25) is 11.9 Å². The number of nitrogens with one attached hydrogen (secondary N) is 1. The van der Waals surface area contributed by atoms with Gasteiger partial charge in [-0.05, 0) is 36.4 Å². The number of benzene rings is 2. The topological polar surface area (TPSA) is 83.4 Å². The Kier molecular flexibility index (Phi) is 5.69. The van der Waals surface area contributed by atoms with Crippen LogP contribution in [-0.2, 0) is 11.3 Å². The Balaban J connectivity index is 1.29. The molecule has 30 heavy (non-hydrogen) atoms. The second-order valence-corrected chi connectivity index (χ2v) is 6.93. The van der Waals surface area contributed by atoms with E-state index in [4.69, 9.17) is 0 Å². The molecule has 0 radical (unpaired) electrons. The lowest BCUT2D eigenvalue weighted by Gasteiger charge is -2.36. The van der Waals surface area contributed by atoms with Crippen LogP contribution in [0.4, 0.5) is 16.0 Å². The molecule has 0 bridgehead atoms. The Morgan fingerprint density at radius 3 is 2.37 bits per heavy atom. The monoisotopic (exact) mass is 408 g/mol. The maximum atomic E-state index is 13.0. The maximum absolute atomic E-state index is 13.0. The van der Waals surface area contributed by atoms with Crippen LogP contribution in [0.2, 0.25) is 0 Å². The van der Waals surface area contributed by atoms with E-state index < -0.39 is 11.7 Å². The number of piperazine rings is 1. The fourth-order valence-corrected chi connectivity index (χ4v) is 3.29. The van der Waals surface area contributed by atoms with Crippen molar-refractivity contribution in [1.29, 1.82) is 0 Å². The van der Waals surface area contributed by atoms with Crippen LogP contribution < -0.4 is 10.2 Å². The summed E-state index contributed by atoms with van der Waals surface area (Å²) in [6, 6.07) is 15.3. The van der Waals surface area contributed by atoms with E-state index in [0.717, 1.165) is 18.8 Å². The molecule has 0 unspecified atom stereocenters. The molecule has 2 aromatic carbocycles. The molecular formula is C21H21FN6O2. The van der Waals surface area contributed by atoms with Crippen LogP contribution in [0, 0.1) is 5.82 Å². The third-order valence-corrected chi connectivity index (χ3v) is 4.92. The molecule has 2 amide bonds.